The van der Waals surface area contributed by atoms with E-state index in [4.69, 9.17) is 38.3 Å². The Hall–Kier alpha value is -4.15. The van der Waals surface area contributed by atoms with Crippen molar-refractivity contribution < 1.29 is 18.3 Å². The van der Waals surface area contributed by atoms with Crippen LogP contribution in [0.3, 0.4) is 0 Å². The minimum absolute atomic E-state index is 0.0834. The molecule has 0 bridgehead atoms. The number of pyridine rings is 2. The van der Waals surface area contributed by atoms with Gasteiger partial charge in [0.25, 0.3) is 0 Å². The van der Waals surface area contributed by atoms with Crippen LogP contribution in [-0.2, 0) is 0 Å². The molecule has 2 aromatic heterocycles. The molecule has 0 aliphatic heterocycles. The molecule has 0 saturated carbocycles. The fourth-order valence-electron chi connectivity index (χ4n) is 2.71. The SMILES string of the molecule is CC(C)N.CC(C)Nc1cc(Oc2ccc(N)c(F)c2)ccn1.Nc1ccc(Oc2ccnc(Cl)c2)cc1F. The van der Waals surface area contributed by atoms with Crippen LogP contribution in [0.2, 0.25) is 5.15 Å². The van der Waals surface area contributed by atoms with Crippen LogP contribution in [0.1, 0.15) is 27.7 Å². The number of nitrogen functional groups attached to an aromatic ring is 2. The Labute approximate surface area is 232 Å². The summed E-state index contributed by atoms with van der Waals surface area (Å²) >= 11 is 5.68. The number of nitrogens with zero attached hydrogens (tertiary/aromatic N) is 2. The van der Waals surface area contributed by atoms with Crippen LogP contribution >= 0.6 is 11.6 Å². The molecule has 208 valence electrons. The van der Waals surface area contributed by atoms with Crippen molar-refractivity contribution >= 4 is 28.8 Å². The van der Waals surface area contributed by atoms with Gasteiger partial charge in [-0.25, -0.2) is 18.7 Å². The van der Waals surface area contributed by atoms with Gasteiger partial charge in [-0.05, 0) is 56.3 Å². The molecule has 2 aromatic carbocycles. The highest BCUT2D eigenvalue weighted by molar-refractivity contribution is 6.29. The van der Waals surface area contributed by atoms with E-state index in [1.165, 1.54) is 36.5 Å². The van der Waals surface area contributed by atoms with Gasteiger partial charge in [-0.15, -0.1) is 0 Å². The normalized spacial score (nSPS) is 10.2. The Bertz CT molecular complexity index is 1340. The van der Waals surface area contributed by atoms with Crippen molar-refractivity contribution in [3.8, 4) is 23.0 Å². The molecule has 0 saturated heterocycles. The summed E-state index contributed by atoms with van der Waals surface area (Å²) < 4.78 is 37.4. The first-order valence-electron chi connectivity index (χ1n) is 12.0. The lowest BCUT2D eigenvalue weighted by atomic mass is 10.3. The van der Waals surface area contributed by atoms with Gasteiger partial charge in [-0.1, -0.05) is 25.4 Å². The van der Waals surface area contributed by atoms with Gasteiger partial charge in [0, 0.05) is 42.7 Å². The van der Waals surface area contributed by atoms with E-state index in [1.807, 2.05) is 27.7 Å². The van der Waals surface area contributed by atoms with Crippen LogP contribution in [0.4, 0.5) is 26.0 Å². The summed E-state index contributed by atoms with van der Waals surface area (Å²) in [6.07, 6.45) is 3.14. The summed E-state index contributed by atoms with van der Waals surface area (Å²) in [6, 6.07) is 15.8. The molecule has 0 atom stereocenters. The van der Waals surface area contributed by atoms with E-state index in [0.29, 0.717) is 40.0 Å². The number of benzene rings is 2. The van der Waals surface area contributed by atoms with Crippen molar-refractivity contribution in [2.45, 2.75) is 39.8 Å². The summed E-state index contributed by atoms with van der Waals surface area (Å²) in [5.41, 5.74) is 16.1. The number of halogens is 3. The van der Waals surface area contributed by atoms with Gasteiger partial charge in [-0.2, -0.15) is 0 Å². The molecule has 7 N–H and O–H groups in total. The third kappa shape index (κ3) is 11.8. The van der Waals surface area contributed by atoms with E-state index in [0.717, 1.165) is 0 Å². The highest BCUT2D eigenvalue weighted by Crippen LogP contribution is 2.26. The lowest BCUT2D eigenvalue weighted by molar-refractivity contribution is 0.476. The molecule has 11 heteroatoms. The monoisotopic (exact) mass is 558 g/mol. The molecule has 0 spiro atoms. The predicted molar refractivity (Wildman–Crippen MR) is 153 cm³/mol. The van der Waals surface area contributed by atoms with Crippen LogP contribution in [0.5, 0.6) is 23.0 Å². The molecule has 4 aromatic rings. The summed E-state index contributed by atoms with van der Waals surface area (Å²) in [5.74, 6) is 1.53. The first-order valence-corrected chi connectivity index (χ1v) is 12.4. The van der Waals surface area contributed by atoms with Crippen molar-refractivity contribution in [2.24, 2.45) is 5.73 Å². The van der Waals surface area contributed by atoms with Crippen molar-refractivity contribution in [3.63, 3.8) is 0 Å². The van der Waals surface area contributed by atoms with E-state index in [-0.39, 0.29) is 17.4 Å². The molecule has 2 heterocycles. The maximum Gasteiger partial charge on any atom is 0.149 e. The molecule has 0 radical (unpaired) electrons. The second-order valence-electron chi connectivity index (χ2n) is 8.80. The molecule has 0 fully saturated rings. The van der Waals surface area contributed by atoms with Crippen LogP contribution in [0.15, 0.2) is 73.1 Å². The lowest BCUT2D eigenvalue weighted by Gasteiger charge is -2.11. The first kappa shape index (κ1) is 31.1. The van der Waals surface area contributed by atoms with E-state index >= 15 is 0 Å². The number of hydrogen-bond acceptors (Lipinski definition) is 8. The number of anilines is 3. The van der Waals surface area contributed by atoms with Gasteiger partial charge in [0.1, 0.15) is 45.6 Å². The van der Waals surface area contributed by atoms with Crippen molar-refractivity contribution in [2.75, 3.05) is 16.8 Å². The van der Waals surface area contributed by atoms with E-state index in [2.05, 4.69) is 15.3 Å². The Morgan fingerprint density at radius 1 is 0.718 bits per heavy atom. The van der Waals surface area contributed by atoms with Crippen LogP contribution in [0, 0.1) is 11.6 Å². The minimum Gasteiger partial charge on any atom is -0.457 e. The Morgan fingerprint density at radius 2 is 1.15 bits per heavy atom. The standard InChI is InChI=1S/C14H16FN3O.C11H8ClFN2O.C3H9N/c1-9(2)18-14-8-11(5-6-17-14)19-10-3-4-13(16)12(15)7-10;12-11-6-8(3-4-15-11)16-7-1-2-10(14)9(13)5-7;1-3(2)4/h3-9H,16H2,1-2H3,(H,17,18);1-6H,14H2;3H,4H2,1-2H3. The summed E-state index contributed by atoms with van der Waals surface area (Å²) in [5, 5.41) is 3.48. The maximum absolute atomic E-state index is 13.3. The number of ether oxygens (including phenoxy) is 2. The second kappa shape index (κ2) is 15.3. The zero-order chi connectivity index (χ0) is 28.9. The zero-order valence-corrected chi connectivity index (χ0v) is 22.9. The maximum atomic E-state index is 13.3. The highest BCUT2D eigenvalue weighted by Gasteiger charge is 2.05. The lowest BCUT2D eigenvalue weighted by Crippen LogP contribution is -2.10. The van der Waals surface area contributed by atoms with E-state index in [1.54, 1.807) is 36.5 Å². The molecule has 8 nitrogen and oxygen atoms in total. The predicted octanol–water partition coefficient (Wildman–Crippen LogP) is 7.02. The van der Waals surface area contributed by atoms with Gasteiger partial charge < -0.3 is 32.0 Å². The topological polar surface area (TPSA) is 134 Å². The third-order valence-corrected chi connectivity index (χ3v) is 4.49. The average Bonchev–Trinajstić information content (AvgIpc) is 2.84. The van der Waals surface area contributed by atoms with Crippen molar-refractivity contribution in [1.82, 2.24) is 9.97 Å². The van der Waals surface area contributed by atoms with E-state index < -0.39 is 11.6 Å². The number of nitrogens with one attached hydrogen (secondary N) is 1. The number of hydrogen-bond donors (Lipinski definition) is 4. The fraction of sp³-hybridized carbons (Fsp3) is 0.214. The van der Waals surface area contributed by atoms with Gasteiger partial charge in [0.2, 0.25) is 0 Å². The molecule has 4 rings (SSSR count). The summed E-state index contributed by atoms with van der Waals surface area (Å²) in [7, 11) is 0. The average molecular weight is 559 g/mol. The number of nitrogens with two attached hydrogens (primary N) is 3. The largest absolute Gasteiger partial charge is 0.457 e. The zero-order valence-electron chi connectivity index (χ0n) is 22.2. The van der Waals surface area contributed by atoms with Gasteiger partial charge in [0.15, 0.2) is 0 Å². The number of aromatic nitrogens is 2. The van der Waals surface area contributed by atoms with E-state index in [9.17, 15) is 8.78 Å². The van der Waals surface area contributed by atoms with Crippen LogP contribution < -0.4 is 32.0 Å². The van der Waals surface area contributed by atoms with Crippen LogP contribution in [0.25, 0.3) is 0 Å². The smallest absolute Gasteiger partial charge is 0.149 e. The third-order valence-electron chi connectivity index (χ3n) is 4.28. The Morgan fingerprint density at radius 3 is 1.59 bits per heavy atom. The minimum atomic E-state index is -0.516. The molecule has 0 unspecified atom stereocenters. The Kier molecular flexibility index (Phi) is 12.2. The number of rotatable bonds is 6. The van der Waals surface area contributed by atoms with Gasteiger partial charge in [-0.3, -0.25) is 0 Å². The second-order valence-corrected chi connectivity index (χ2v) is 9.19. The summed E-state index contributed by atoms with van der Waals surface area (Å²) in [4.78, 5) is 7.97. The summed E-state index contributed by atoms with van der Waals surface area (Å²) in [6.45, 7) is 7.93. The molecular formula is C28H33ClF2N6O2. The molecule has 39 heavy (non-hydrogen) atoms. The van der Waals surface area contributed by atoms with Crippen molar-refractivity contribution in [1.29, 1.82) is 0 Å². The van der Waals surface area contributed by atoms with Crippen LogP contribution in [-0.4, -0.2) is 22.1 Å². The molecule has 0 aliphatic carbocycles. The Balaban J connectivity index is 0.000000243. The molecule has 0 aliphatic rings. The van der Waals surface area contributed by atoms with Crippen molar-refractivity contribution in [3.05, 3.63) is 89.8 Å². The molecular weight excluding hydrogens is 526 g/mol. The first-order chi connectivity index (χ1) is 18.4. The quantitative estimate of drug-likeness (QED) is 0.146. The highest BCUT2D eigenvalue weighted by atomic mass is 35.5. The fourth-order valence-corrected chi connectivity index (χ4v) is 2.88. The van der Waals surface area contributed by atoms with Gasteiger partial charge >= 0.3 is 0 Å². The van der Waals surface area contributed by atoms with Gasteiger partial charge in [0.05, 0.1) is 11.4 Å². The molecule has 0 amide bonds.